The number of rotatable bonds is 1. The Morgan fingerprint density at radius 2 is 2.00 bits per heavy atom. The minimum atomic E-state index is 1.06. The van der Waals surface area contributed by atoms with Gasteiger partial charge in [-0.3, -0.25) is 0 Å². The minimum absolute atomic E-state index is 1.06. The third kappa shape index (κ3) is 1.60. The molecule has 1 aromatic carbocycles. The zero-order valence-corrected chi connectivity index (χ0v) is 7.08. The molecule has 0 heterocycles. The monoisotopic (exact) mass is 200 g/mol. The zero-order chi connectivity index (χ0) is 6.69. The van der Waals surface area contributed by atoms with E-state index in [1.165, 1.54) is 0 Å². The number of thiocarbonyl (C=S) groups is 1. The molecule has 0 nitrogen and oxygen atoms in total. The third-order valence-electron chi connectivity index (χ3n) is 1.03. The lowest BCUT2D eigenvalue weighted by atomic mass is 10.2. The molecule has 0 spiro atoms. The summed E-state index contributed by atoms with van der Waals surface area (Å²) in [5.41, 5.74) is 1.06. The number of benzene rings is 1. The molecule has 0 atom stereocenters. The van der Waals surface area contributed by atoms with E-state index in [0.717, 1.165) is 10.0 Å². The summed E-state index contributed by atoms with van der Waals surface area (Å²) in [5, 5.41) is 1.66. The normalized spacial score (nSPS) is 9.00. The molecule has 0 N–H and O–H groups in total. The maximum atomic E-state index is 4.75. The fraction of sp³-hybridized carbons (Fsp3) is 0. The van der Waals surface area contributed by atoms with Crippen LogP contribution in [0.5, 0.6) is 0 Å². The Kier molecular flexibility index (Phi) is 2.37. The molecule has 0 amide bonds. The maximum Gasteiger partial charge on any atom is 0.0256 e. The van der Waals surface area contributed by atoms with E-state index in [1.807, 2.05) is 24.3 Å². The van der Waals surface area contributed by atoms with Crippen LogP contribution in [-0.2, 0) is 0 Å². The van der Waals surface area contributed by atoms with E-state index in [1.54, 1.807) is 5.37 Å². The Labute approximate surface area is 68.0 Å². The van der Waals surface area contributed by atoms with Crippen LogP contribution in [0.25, 0.3) is 0 Å². The van der Waals surface area contributed by atoms with Gasteiger partial charge in [0.2, 0.25) is 0 Å². The molecule has 0 aromatic heterocycles. The molecular formula is C7H5BrS. The van der Waals surface area contributed by atoms with Crippen LogP contribution >= 0.6 is 28.1 Å². The SMILES string of the molecule is S=Cc1ccccc1Br. The van der Waals surface area contributed by atoms with E-state index < -0.39 is 0 Å². The first-order valence-electron chi connectivity index (χ1n) is 2.54. The second-order valence-electron chi connectivity index (χ2n) is 1.64. The lowest BCUT2D eigenvalue weighted by Crippen LogP contribution is -1.76. The van der Waals surface area contributed by atoms with E-state index in [0.29, 0.717) is 0 Å². The highest BCUT2D eigenvalue weighted by Gasteiger charge is 1.89. The maximum absolute atomic E-state index is 4.75. The van der Waals surface area contributed by atoms with Crippen molar-refractivity contribution in [2.75, 3.05) is 0 Å². The Bertz CT molecular complexity index is 220. The fourth-order valence-corrected chi connectivity index (χ4v) is 1.33. The molecule has 0 unspecified atom stereocenters. The predicted octanol–water partition coefficient (Wildman–Crippen LogP) is 2.80. The second kappa shape index (κ2) is 3.08. The van der Waals surface area contributed by atoms with Crippen molar-refractivity contribution in [2.45, 2.75) is 0 Å². The first kappa shape index (κ1) is 6.90. The van der Waals surface area contributed by atoms with E-state index >= 15 is 0 Å². The third-order valence-corrected chi connectivity index (χ3v) is 2.01. The summed E-state index contributed by atoms with van der Waals surface area (Å²) in [7, 11) is 0. The average Bonchev–Trinajstić information content (AvgIpc) is 1.89. The summed E-state index contributed by atoms with van der Waals surface area (Å²) < 4.78 is 1.06. The molecule has 0 saturated heterocycles. The second-order valence-corrected chi connectivity index (χ2v) is 2.73. The number of hydrogen-bond donors (Lipinski definition) is 0. The van der Waals surface area contributed by atoms with Gasteiger partial charge in [0.05, 0.1) is 0 Å². The van der Waals surface area contributed by atoms with Crippen LogP contribution in [0.15, 0.2) is 28.7 Å². The Morgan fingerprint density at radius 3 is 2.44 bits per heavy atom. The molecule has 0 bridgehead atoms. The van der Waals surface area contributed by atoms with Crippen molar-refractivity contribution >= 4 is 33.5 Å². The lowest BCUT2D eigenvalue weighted by Gasteiger charge is -1.92. The molecule has 0 fully saturated rings. The van der Waals surface area contributed by atoms with Gasteiger partial charge in [-0.2, -0.15) is 0 Å². The molecule has 0 radical (unpaired) electrons. The van der Waals surface area contributed by atoms with Gasteiger partial charge in [0, 0.05) is 9.84 Å². The zero-order valence-electron chi connectivity index (χ0n) is 4.67. The average molecular weight is 201 g/mol. The fourth-order valence-electron chi connectivity index (χ4n) is 0.571. The van der Waals surface area contributed by atoms with Gasteiger partial charge in [-0.1, -0.05) is 46.3 Å². The quantitative estimate of drug-likeness (QED) is 0.629. The van der Waals surface area contributed by atoms with Gasteiger partial charge in [0.15, 0.2) is 0 Å². The van der Waals surface area contributed by atoms with Gasteiger partial charge in [0.1, 0.15) is 0 Å². The molecule has 1 aromatic rings. The van der Waals surface area contributed by atoms with Crippen LogP contribution in [0, 0.1) is 0 Å². The highest BCUT2D eigenvalue weighted by Crippen LogP contribution is 2.12. The van der Waals surface area contributed by atoms with Crippen molar-refractivity contribution in [3.05, 3.63) is 34.3 Å². The Balaban J connectivity index is 3.15. The summed E-state index contributed by atoms with van der Waals surface area (Å²) in [4.78, 5) is 0. The van der Waals surface area contributed by atoms with E-state index in [4.69, 9.17) is 12.2 Å². The van der Waals surface area contributed by atoms with E-state index in [9.17, 15) is 0 Å². The predicted molar refractivity (Wildman–Crippen MR) is 46.9 cm³/mol. The summed E-state index contributed by atoms with van der Waals surface area (Å²) >= 11 is 8.11. The summed E-state index contributed by atoms with van der Waals surface area (Å²) in [6.45, 7) is 0. The molecule has 0 aliphatic carbocycles. The number of hydrogen-bond acceptors (Lipinski definition) is 1. The Morgan fingerprint density at radius 1 is 1.33 bits per heavy atom. The Hall–Kier alpha value is -0.210. The van der Waals surface area contributed by atoms with Gasteiger partial charge in [-0.25, -0.2) is 0 Å². The minimum Gasteiger partial charge on any atom is -0.0880 e. The van der Waals surface area contributed by atoms with Crippen molar-refractivity contribution in [1.29, 1.82) is 0 Å². The van der Waals surface area contributed by atoms with Crippen LogP contribution in [0.2, 0.25) is 0 Å². The first-order valence-corrected chi connectivity index (χ1v) is 3.81. The highest BCUT2D eigenvalue weighted by molar-refractivity contribution is 9.10. The van der Waals surface area contributed by atoms with Crippen LogP contribution in [-0.4, -0.2) is 5.37 Å². The van der Waals surface area contributed by atoms with Crippen molar-refractivity contribution in [2.24, 2.45) is 0 Å². The van der Waals surface area contributed by atoms with Crippen LogP contribution in [0.1, 0.15) is 5.56 Å². The topological polar surface area (TPSA) is 0 Å². The standard InChI is InChI=1S/C7H5BrS/c8-7-4-2-1-3-6(7)5-9/h1-5H. The molecule has 2 heteroatoms. The van der Waals surface area contributed by atoms with Crippen LogP contribution in [0.4, 0.5) is 0 Å². The summed E-state index contributed by atoms with van der Waals surface area (Å²) in [6, 6.07) is 7.87. The van der Waals surface area contributed by atoms with Crippen LogP contribution in [0.3, 0.4) is 0 Å². The lowest BCUT2D eigenvalue weighted by molar-refractivity contribution is 1.63. The van der Waals surface area contributed by atoms with Crippen molar-refractivity contribution in [3.63, 3.8) is 0 Å². The first-order chi connectivity index (χ1) is 4.34. The smallest absolute Gasteiger partial charge is 0.0256 e. The van der Waals surface area contributed by atoms with Crippen LogP contribution < -0.4 is 0 Å². The number of halogens is 1. The molecule has 1 rings (SSSR count). The van der Waals surface area contributed by atoms with E-state index in [2.05, 4.69) is 15.9 Å². The highest BCUT2D eigenvalue weighted by atomic mass is 79.9. The van der Waals surface area contributed by atoms with Crippen molar-refractivity contribution < 1.29 is 0 Å². The molecule has 0 saturated carbocycles. The van der Waals surface area contributed by atoms with Gasteiger partial charge < -0.3 is 0 Å². The van der Waals surface area contributed by atoms with Crippen molar-refractivity contribution in [1.82, 2.24) is 0 Å². The van der Waals surface area contributed by atoms with Gasteiger partial charge in [0.25, 0.3) is 0 Å². The van der Waals surface area contributed by atoms with Crippen molar-refractivity contribution in [3.8, 4) is 0 Å². The summed E-state index contributed by atoms with van der Waals surface area (Å²) in [5.74, 6) is 0. The van der Waals surface area contributed by atoms with E-state index in [-0.39, 0.29) is 0 Å². The molecule has 0 aliphatic heterocycles. The molecular weight excluding hydrogens is 196 g/mol. The largest absolute Gasteiger partial charge is 0.0880 e. The molecule has 9 heavy (non-hydrogen) atoms. The summed E-state index contributed by atoms with van der Waals surface area (Å²) in [6.07, 6.45) is 0. The van der Waals surface area contributed by atoms with Gasteiger partial charge >= 0.3 is 0 Å². The van der Waals surface area contributed by atoms with Gasteiger partial charge in [-0.05, 0) is 11.6 Å². The molecule has 0 aliphatic rings. The van der Waals surface area contributed by atoms with Gasteiger partial charge in [-0.15, -0.1) is 0 Å². The molecule has 46 valence electrons.